The van der Waals surface area contributed by atoms with Gasteiger partial charge in [0.15, 0.2) is 0 Å². The van der Waals surface area contributed by atoms with Gasteiger partial charge in [-0.05, 0) is 30.7 Å². The monoisotopic (exact) mass is 325 g/mol. The first-order chi connectivity index (χ1) is 11.7. The molecule has 0 saturated carbocycles. The molecular weight excluding hydrogens is 306 g/mol. The van der Waals surface area contributed by atoms with E-state index in [1.54, 1.807) is 34.3 Å². The number of carbonyl (C=O) groups is 2. The molecule has 1 N–H and O–H groups in total. The predicted molar refractivity (Wildman–Crippen MR) is 89.6 cm³/mol. The van der Waals surface area contributed by atoms with Gasteiger partial charge in [0.25, 0.3) is 5.91 Å². The molecule has 2 aromatic rings. The van der Waals surface area contributed by atoms with Crippen molar-refractivity contribution in [2.24, 2.45) is 0 Å². The fourth-order valence-electron chi connectivity index (χ4n) is 2.55. The molecule has 7 nitrogen and oxygen atoms in total. The molecule has 0 spiro atoms. The maximum Gasteiger partial charge on any atom is 0.325 e. The summed E-state index contributed by atoms with van der Waals surface area (Å²) in [6, 6.07) is 7.10. The number of carbonyl (C=O) groups excluding carboxylic acids is 2. The summed E-state index contributed by atoms with van der Waals surface area (Å²) in [5.41, 5.74) is 1.39. The molecule has 24 heavy (non-hydrogen) atoms. The number of rotatable bonds is 5. The summed E-state index contributed by atoms with van der Waals surface area (Å²) in [6.45, 7) is 4.41. The molecule has 1 aliphatic heterocycles. The fourth-order valence-corrected chi connectivity index (χ4v) is 2.55. The van der Waals surface area contributed by atoms with E-state index in [-0.39, 0.29) is 11.9 Å². The minimum atomic E-state index is -0.180. The maximum atomic E-state index is 12.1. The number of hydrogen-bond donors (Lipinski definition) is 1. The van der Waals surface area contributed by atoms with Crippen molar-refractivity contribution in [1.29, 1.82) is 0 Å². The zero-order chi connectivity index (χ0) is 16.9. The van der Waals surface area contributed by atoms with Gasteiger partial charge in [0.05, 0.1) is 5.56 Å². The van der Waals surface area contributed by atoms with Gasteiger partial charge >= 0.3 is 6.03 Å². The van der Waals surface area contributed by atoms with Crippen LogP contribution < -0.4 is 10.2 Å². The van der Waals surface area contributed by atoms with Crippen LogP contribution in [0.1, 0.15) is 22.8 Å². The molecular formula is C17H19N5O2. The molecule has 0 aromatic carbocycles. The van der Waals surface area contributed by atoms with Crippen LogP contribution in [-0.2, 0) is 6.54 Å². The number of nitrogens with one attached hydrogen (secondary N) is 1. The van der Waals surface area contributed by atoms with E-state index in [9.17, 15) is 9.59 Å². The minimum Gasteiger partial charge on any atom is -0.348 e. The van der Waals surface area contributed by atoms with Gasteiger partial charge in [-0.3, -0.25) is 14.7 Å². The molecule has 0 bridgehead atoms. The third-order valence-electron chi connectivity index (χ3n) is 3.94. The van der Waals surface area contributed by atoms with E-state index in [1.165, 1.54) is 6.20 Å². The zero-order valence-corrected chi connectivity index (χ0v) is 13.5. The minimum absolute atomic E-state index is 0.0115. The van der Waals surface area contributed by atoms with Crippen LogP contribution in [0.25, 0.3) is 0 Å². The van der Waals surface area contributed by atoms with Gasteiger partial charge in [-0.25, -0.2) is 9.78 Å². The maximum absolute atomic E-state index is 12.1. The van der Waals surface area contributed by atoms with Gasteiger partial charge < -0.3 is 10.2 Å². The number of amides is 3. The van der Waals surface area contributed by atoms with Gasteiger partial charge in [0.1, 0.15) is 5.82 Å². The Bertz CT molecular complexity index is 718. The van der Waals surface area contributed by atoms with Crippen LogP contribution in [0.2, 0.25) is 0 Å². The Kier molecular flexibility index (Phi) is 4.69. The molecule has 0 unspecified atom stereocenters. The number of anilines is 1. The summed E-state index contributed by atoms with van der Waals surface area (Å²) in [6.07, 6.45) is 4.83. The SMILES string of the molecule is CCN1CCN(c2ccc(CNC(=O)c3cccnc3)cn2)C1=O. The largest absolute Gasteiger partial charge is 0.348 e. The average molecular weight is 325 g/mol. The molecule has 3 amide bonds. The van der Waals surface area contributed by atoms with Gasteiger partial charge in [0.2, 0.25) is 0 Å². The Hall–Kier alpha value is -2.96. The fraction of sp³-hybridized carbons (Fsp3) is 0.294. The van der Waals surface area contributed by atoms with Crippen LogP contribution >= 0.6 is 0 Å². The van der Waals surface area contributed by atoms with Crippen molar-refractivity contribution in [3.63, 3.8) is 0 Å². The van der Waals surface area contributed by atoms with Crippen molar-refractivity contribution >= 4 is 17.8 Å². The molecule has 1 saturated heterocycles. The Labute approximate surface area is 140 Å². The Balaban J connectivity index is 1.59. The van der Waals surface area contributed by atoms with Crippen molar-refractivity contribution in [3.05, 3.63) is 54.0 Å². The van der Waals surface area contributed by atoms with Gasteiger partial charge in [-0.1, -0.05) is 6.07 Å². The Morgan fingerprint density at radius 3 is 2.75 bits per heavy atom. The number of urea groups is 1. The van der Waals surface area contributed by atoms with Crippen LogP contribution in [0.3, 0.4) is 0 Å². The smallest absolute Gasteiger partial charge is 0.325 e. The van der Waals surface area contributed by atoms with Crippen LogP contribution in [0, 0.1) is 0 Å². The van der Waals surface area contributed by atoms with Crippen LogP contribution in [-0.4, -0.2) is 46.4 Å². The van der Waals surface area contributed by atoms with E-state index in [2.05, 4.69) is 15.3 Å². The highest BCUT2D eigenvalue weighted by Gasteiger charge is 2.28. The lowest BCUT2D eigenvalue weighted by Gasteiger charge is -2.16. The molecule has 3 rings (SSSR count). The number of hydrogen-bond acceptors (Lipinski definition) is 4. The van der Waals surface area contributed by atoms with E-state index < -0.39 is 0 Å². The number of likely N-dealkylation sites (N-methyl/N-ethyl adjacent to an activating group) is 1. The quantitative estimate of drug-likeness (QED) is 0.907. The molecule has 1 fully saturated rings. The second-order valence-electron chi connectivity index (χ2n) is 5.46. The van der Waals surface area contributed by atoms with E-state index >= 15 is 0 Å². The van der Waals surface area contributed by atoms with Crippen LogP contribution in [0.15, 0.2) is 42.9 Å². The second kappa shape index (κ2) is 7.08. The highest BCUT2D eigenvalue weighted by atomic mass is 16.2. The number of nitrogens with zero attached hydrogens (tertiary/aromatic N) is 4. The molecule has 2 aromatic heterocycles. The van der Waals surface area contributed by atoms with Crippen molar-refractivity contribution in [1.82, 2.24) is 20.2 Å². The summed E-state index contributed by atoms with van der Waals surface area (Å²) in [5.74, 6) is 0.457. The summed E-state index contributed by atoms with van der Waals surface area (Å²) in [7, 11) is 0. The van der Waals surface area contributed by atoms with E-state index in [1.807, 2.05) is 19.1 Å². The van der Waals surface area contributed by atoms with E-state index in [4.69, 9.17) is 0 Å². The zero-order valence-electron chi connectivity index (χ0n) is 13.5. The summed E-state index contributed by atoms with van der Waals surface area (Å²) < 4.78 is 0. The summed E-state index contributed by atoms with van der Waals surface area (Å²) in [5, 5.41) is 2.82. The van der Waals surface area contributed by atoms with Crippen LogP contribution in [0.4, 0.5) is 10.6 Å². The molecule has 1 aliphatic rings. The predicted octanol–water partition coefficient (Wildman–Crippen LogP) is 1.67. The highest BCUT2D eigenvalue weighted by Crippen LogP contribution is 2.18. The van der Waals surface area contributed by atoms with Gasteiger partial charge in [-0.2, -0.15) is 0 Å². The lowest BCUT2D eigenvalue weighted by molar-refractivity contribution is 0.0950. The molecule has 0 atom stereocenters. The van der Waals surface area contributed by atoms with Crippen molar-refractivity contribution in [2.75, 3.05) is 24.5 Å². The number of aromatic nitrogens is 2. The lowest BCUT2D eigenvalue weighted by Crippen LogP contribution is -2.32. The Morgan fingerprint density at radius 2 is 2.12 bits per heavy atom. The van der Waals surface area contributed by atoms with Crippen LogP contribution in [0.5, 0.6) is 0 Å². The first-order valence-electron chi connectivity index (χ1n) is 7.88. The van der Waals surface area contributed by atoms with Crippen molar-refractivity contribution in [2.45, 2.75) is 13.5 Å². The first kappa shape index (κ1) is 15.9. The molecule has 124 valence electrons. The summed E-state index contributed by atoms with van der Waals surface area (Å²) in [4.78, 5) is 35.8. The Morgan fingerprint density at radius 1 is 1.25 bits per heavy atom. The molecule has 3 heterocycles. The average Bonchev–Trinajstić information content (AvgIpc) is 3.01. The third kappa shape index (κ3) is 3.34. The second-order valence-corrected chi connectivity index (χ2v) is 5.46. The topological polar surface area (TPSA) is 78.4 Å². The highest BCUT2D eigenvalue weighted by molar-refractivity contribution is 5.94. The van der Waals surface area contributed by atoms with Gasteiger partial charge in [-0.15, -0.1) is 0 Å². The molecule has 0 radical (unpaired) electrons. The van der Waals surface area contributed by atoms with E-state index in [0.717, 1.165) is 12.1 Å². The first-order valence-corrected chi connectivity index (χ1v) is 7.88. The summed E-state index contributed by atoms with van der Waals surface area (Å²) >= 11 is 0. The number of pyridine rings is 2. The standard InChI is InChI=1S/C17H19N5O2/c1-2-21-8-9-22(17(21)24)15-6-5-13(10-19-15)11-20-16(23)14-4-3-7-18-12-14/h3-7,10,12H,2,8-9,11H2,1H3,(H,20,23). The van der Waals surface area contributed by atoms with Crippen molar-refractivity contribution < 1.29 is 9.59 Å². The third-order valence-corrected chi connectivity index (χ3v) is 3.94. The normalized spacial score (nSPS) is 14.1. The van der Waals surface area contributed by atoms with Crippen molar-refractivity contribution in [3.8, 4) is 0 Å². The molecule has 7 heteroatoms. The van der Waals surface area contributed by atoms with Gasteiger partial charge in [0, 0.05) is 44.8 Å². The molecule has 0 aliphatic carbocycles. The lowest BCUT2D eigenvalue weighted by atomic mass is 10.2. The van der Waals surface area contributed by atoms with E-state index in [0.29, 0.717) is 31.0 Å².